The first kappa shape index (κ1) is 10.3. The third-order valence-electron chi connectivity index (χ3n) is 2.51. The van der Waals surface area contributed by atoms with Gasteiger partial charge in [0.1, 0.15) is 16.4 Å². The van der Waals surface area contributed by atoms with E-state index in [1.165, 1.54) is 0 Å². The number of aromatic nitrogens is 3. The van der Waals surface area contributed by atoms with Crippen molar-refractivity contribution in [1.82, 2.24) is 14.5 Å². The van der Waals surface area contributed by atoms with E-state index >= 15 is 0 Å². The van der Waals surface area contributed by atoms with E-state index in [1.54, 1.807) is 6.33 Å². The van der Waals surface area contributed by atoms with Gasteiger partial charge in [-0.15, -0.1) is 0 Å². The van der Waals surface area contributed by atoms with Crippen molar-refractivity contribution in [2.24, 2.45) is 0 Å². The van der Waals surface area contributed by atoms with E-state index in [-0.39, 0.29) is 0 Å². The lowest BCUT2D eigenvalue weighted by Crippen LogP contribution is -1.95. The van der Waals surface area contributed by atoms with Crippen LogP contribution in [0.1, 0.15) is 0 Å². The summed E-state index contributed by atoms with van der Waals surface area (Å²) in [5.41, 5.74) is 9.12. The number of imidazole rings is 1. The first-order chi connectivity index (χ1) is 8.24. The maximum atomic E-state index is 5.78. The summed E-state index contributed by atoms with van der Waals surface area (Å²) >= 11 is 3.36. The zero-order valence-electron chi connectivity index (χ0n) is 8.84. The molecule has 0 amide bonds. The minimum atomic E-state index is 0.722. The molecule has 0 aliphatic rings. The molecule has 0 unspecified atom stereocenters. The van der Waals surface area contributed by atoms with E-state index < -0.39 is 0 Å². The van der Waals surface area contributed by atoms with Crippen molar-refractivity contribution in [2.45, 2.75) is 0 Å². The molecular weight excluding hydrogens is 280 g/mol. The minimum absolute atomic E-state index is 0.722. The summed E-state index contributed by atoms with van der Waals surface area (Å²) in [6.07, 6.45) is 1.75. The molecule has 0 bridgehead atoms. The molecule has 0 aliphatic carbocycles. The first-order valence-corrected chi connectivity index (χ1v) is 5.89. The number of halogens is 1. The fourth-order valence-electron chi connectivity index (χ4n) is 1.73. The quantitative estimate of drug-likeness (QED) is 0.553. The highest BCUT2D eigenvalue weighted by Gasteiger charge is 2.06. The maximum absolute atomic E-state index is 5.78. The second-order valence-corrected chi connectivity index (χ2v) is 4.50. The average molecular weight is 289 g/mol. The SMILES string of the molecule is Nc1cccc(-n2cnc3ccc(Br)nc32)c1. The summed E-state index contributed by atoms with van der Waals surface area (Å²) in [5.74, 6) is 0. The summed E-state index contributed by atoms with van der Waals surface area (Å²) in [7, 11) is 0. The Bertz CT molecular complexity index is 690. The number of pyridine rings is 1. The van der Waals surface area contributed by atoms with Crippen LogP contribution in [0.15, 0.2) is 47.3 Å². The number of hydrogen-bond acceptors (Lipinski definition) is 3. The maximum Gasteiger partial charge on any atom is 0.165 e. The van der Waals surface area contributed by atoms with E-state index in [1.807, 2.05) is 41.0 Å². The van der Waals surface area contributed by atoms with Gasteiger partial charge in [0.25, 0.3) is 0 Å². The molecule has 3 aromatic rings. The van der Waals surface area contributed by atoms with Gasteiger partial charge in [0, 0.05) is 5.69 Å². The van der Waals surface area contributed by atoms with Crippen LogP contribution in [-0.4, -0.2) is 14.5 Å². The van der Waals surface area contributed by atoms with Crippen molar-refractivity contribution in [3.63, 3.8) is 0 Å². The molecule has 4 nitrogen and oxygen atoms in total. The Morgan fingerprint density at radius 2 is 2.06 bits per heavy atom. The fourth-order valence-corrected chi connectivity index (χ4v) is 2.03. The number of nitrogens with two attached hydrogens (primary N) is 1. The number of benzene rings is 1. The number of nitrogen functional groups attached to an aromatic ring is 1. The summed E-state index contributed by atoms with van der Waals surface area (Å²) in [6.45, 7) is 0. The third kappa shape index (κ3) is 1.78. The Hall–Kier alpha value is -1.88. The minimum Gasteiger partial charge on any atom is -0.399 e. The van der Waals surface area contributed by atoms with Crippen LogP contribution in [0, 0.1) is 0 Å². The smallest absolute Gasteiger partial charge is 0.165 e. The molecule has 2 N–H and O–H groups in total. The monoisotopic (exact) mass is 288 g/mol. The van der Waals surface area contributed by atoms with Gasteiger partial charge in [-0.05, 0) is 46.3 Å². The predicted octanol–water partition coefficient (Wildman–Crippen LogP) is 2.77. The van der Waals surface area contributed by atoms with Crippen molar-refractivity contribution >= 4 is 32.8 Å². The number of rotatable bonds is 1. The highest BCUT2D eigenvalue weighted by molar-refractivity contribution is 9.10. The molecule has 0 spiro atoms. The Labute approximate surface area is 106 Å². The van der Waals surface area contributed by atoms with Crippen molar-refractivity contribution in [3.05, 3.63) is 47.3 Å². The lowest BCUT2D eigenvalue weighted by atomic mass is 10.3. The molecule has 0 aliphatic heterocycles. The van der Waals surface area contributed by atoms with Crippen LogP contribution in [0.3, 0.4) is 0 Å². The summed E-state index contributed by atoms with van der Waals surface area (Å²) in [6, 6.07) is 11.4. The van der Waals surface area contributed by atoms with E-state index in [4.69, 9.17) is 5.73 Å². The molecular formula is C12H9BrN4. The molecule has 2 heterocycles. The van der Waals surface area contributed by atoms with Crippen LogP contribution < -0.4 is 5.73 Å². The lowest BCUT2D eigenvalue weighted by Gasteiger charge is -2.04. The average Bonchev–Trinajstić information content (AvgIpc) is 2.71. The summed E-state index contributed by atoms with van der Waals surface area (Å²) in [4.78, 5) is 8.72. The number of hydrogen-bond donors (Lipinski definition) is 1. The van der Waals surface area contributed by atoms with E-state index in [0.717, 1.165) is 27.1 Å². The van der Waals surface area contributed by atoms with Gasteiger partial charge in [0.2, 0.25) is 0 Å². The van der Waals surface area contributed by atoms with Gasteiger partial charge in [-0.3, -0.25) is 4.57 Å². The molecule has 0 radical (unpaired) electrons. The predicted molar refractivity (Wildman–Crippen MR) is 71.0 cm³/mol. The van der Waals surface area contributed by atoms with E-state index in [9.17, 15) is 0 Å². The summed E-state index contributed by atoms with van der Waals surface area (Å²) in [5, 5.41) is 0. The Kier molecular flexibility index (Phi) is 2.33. The second kappa shape index (κ2) is 3.85. The molecule has 2 aromatic heterocycles. The lowest BCUT2D eigenvalue weighted by molar-refractivity contribution is 1.06. The Morgan fingerprint density at radius 3 is 2.88 bits per heavy atom. The molecule has 84 valence electrons. The molecule has 3 rings (SSSR count). The number of nitrogens with zero attached hydrogens (tertiary/aromatic N) is 3. The van der Waals surface area contributed by atoms with Crippen molar-refractivity contribution < 1.29 is 0 Å². The standard InChI is InChI=1S/C12H9BrN4/c13-11-5-4-10-12(16-11)17(7-15-10)9-3-1-2-8(14)6-9/h1-7H,14H2. The highest BCUT2D eigenvalue weighted by Crippen LogP contribution is 2.19. The van der Waals surface area contributed by atoms with Crippen LogP contribution in [-0.2, 0) is 0 Å². The van der Waals surface area contributed by atoms with Crippen LogP contribution >= 0.6 is 15.9 Å². The zero-order valence-corrected chi connectivity index (χ0v) is 10.4. The van der Waals surface area contributed by atoms with Gasteiger partial charge in [-0.2, -0.15) is 0 Å². The molecule has 17 heavy (non-hydrogen) atoms. The normalized spacial score (nSPS) is 10.9. The molecule has 5 heteroatoms. The first-order valence-electron chi connectivity index (χ1n) is 5.09. The van der Waals surface area contributed by atoms with Crippen molar-refractivity contribution in [2.75, 3.05) is 5.73 Å². The van der Waals surface area contributed by atoms with Crippen LogP contribution in [0.25, 0.3) is 16.9 Å². The van der Waals surface area contributed by atoms with Crippen LogP contribution in [0.4, 0.5) is 5.69 Å². The van der Waals surface area contributed by atoms with Crippen molar-refractivity contribution in [1.29, 1.82) is 0 Å². The summed E-state index contributed by atoms with van der Waals surface area (Å²) < 4.78 is 2.70. The largest absolute Gasteiger partial charge is 0.399 e. The highest BCUT2D eigenvalue weighted by atomic mass is 79.9. The third-order valence-corrected chi connectivity index (χ3v) is 2.95. The Morgan fingerprint density at radius 1 is 1.18 bits per heavy atom. The van der Waals surface area contributed by atoms with Crippen LogP contribution in [0.5, 0.6) is 0 Å². The molecule has 1 aromatic carbocycles. The second-order valence-electron chi connectivity index (χ2n) is 3.69. The van der Waals surface area contributed by atoms with E-state index in [2.05, 4.69) is 25.9 Å². The molecule has 0 fully saturated rings. The number of fused-ring (bicyclic) bond motifs is 1. The molecule has 0 saturated carbocycles. The van der Waals surface area contributed by atoms with Crippen LogP contribution in [0.2, 0.25) is 0 Å². The van der Waals surface area contributed by atoms with Crippen molar-refractivity contribution in [3.8, 4) is 5.69 Å². The fraction of sp³-hybridized carbons (Fsp3) is 0. The topological polar surface area (TPSA) is 56.7 Å². The number of anilines is 1. The molecule has 0 atom stereocenters. The van der Waals surface area contributed by atoms with Gasteiger partial charge >= 0.3 is 0 Å². The van der Waals surface area contributed by atoms with Gasteiger partial charge < -0.3 is 5.73 Å². The van der Waals surface area contributed by atoms with Gasteiger partial charge in [-0.1, -0.05) is 6.07 Å². The Balaban J connectivity index is 2.27. The van der Waals surface area contributed by atoms with Gasteiger partial charge in [0.15, 0.2) is 5.65 Å². The van der Waals surface area contributed by atoms with Gasteiger partial charge in [0.05, 0.1) is 5.69 Å². The van der Waals surface area contributed by atoms with E-state index in [0.29, 0.717) is 0 Å². The molecule has 0 saturated heterocycles. The van der Waals surface area contributed by atoms with Gasteiger partial charge in [-0.25, -0.2) is 9.97 Å². The zero-order chi connectivity index (χ0) is 11.8.